The van der Waals surface area contributed by atoms with Crippen LogP contribution in [0.4, 0.5) is 0 Å². The van der Waals surface area contributed by atoms with Gasteiger partial charge in [-0.05, 0) is 12.5 Å². The number of aromatic amines is 1. The van der Waals surface area contributed by atoms with Gasteiger partial charge < -0.3 is 10.1 Å². The van der Waals surface area contributed by atoms with Crippen LogP contribution in [0.3, 0.4) is 0 Å². The number of benzene rings is 1. The quantitative estimate of drug-likeness (QED) is 0.683. The van der Waals surface area contributed by atoms with E-state index in [2.05, 4.69) is 4.98 Å². The summed E-state index contributed by atoms with van der Waals surface area (Å²) >= 11 is 0. The van der Waals surface area contributed by atoms with Crippen molar-refractivity contribution in [2.45, 2.75) is 6.92 Å². The average molecular weight is 173 g/mol. The third-order valence-corrected chi connectivity index (χ3v) is 2.20. The van der Waals surface area contributed by atoms with Gasteiger partial charge in [-0.3, -0.25) is 0 Å². The summed E-state index contributed by atoms with van der Waals surface area (Å²) in [6.45, 7) is 1.90. The van der Waals surface area contributed by atoms with Gasteiger partial charge in [-0.1, -0.05) is 30.3 Å². The van der Waals surface area contributed by atoms with Crippen molar-refractivity contribution >= 4 is 0 Å². The molecule has 2 nitrogen and oxygen atoms in total. The first-order valence-corrected chi connectivity index (χ1v) is 4.21. The average Bonchev–Trinajstić information content (AvgIpc) is 2.49. The lowest BCUT2D eigenvalue weighted by atomic mass is 10.1. The summed E-state index contributed by atoms with van der Waals surface area (Å²) in [6, 6.07) is 9.99. The summed E-state index contributed by atoms with van der Waals surface area (Å²) in [5.41, 5.74) is 3.07. The van der Waals surface area contributed by atoms with Gasteiger partial charge >= 0.3 is 0 Å². The molecule has 2 aromatic rings. The lowest BCUT2D eigenvalue weighted by Gasteiger charge is -1.98. The molecule has 0 bridgehead atoms. The molecule has 0 saturated heterocycles. The zero-order valence-electron chi connectivity index (χ0n) is 7.41. The number of nitrogens with one attached hydrogen (secondary N) is 1. The van der Waals surface area contributed by atoms with Crippen LogP contribution >= 0.6 is 0 Å². The van der Waals surface area contributed by atoms with Crippen molar-refractivity contribution < 1.29 is 5.11 Å². The Bertz CT molecular complexity index is 403. The first kappa shape index (κ1) is 7.92. The second kappa shape index (κ2) is 2.98. The molecule has 0 radical (unpaired) electrons. The molecule has 0 aliphatic carbocycles. The van der Waals surface area contributed by atoms with Gasteiger partial charge in [0.15, 0.2) is 5.88 Å². The fraction of sp³-hybridized carbons (Fsp3) is 0.0909. The molecule has 0 saturated carbocycles. The van der Waals surface area contributed by atoms with Gasteiger partial charge in [0.2, 0.25) is 0 Å². The molecule has 2 heteroatoms. The molecule has 1 heterocycles. The van der Waals surface area contributed by atoms with Gasteiger partial charge in [-0.2, -0.15) is 0 Å². The van der Waals surface area contributed by atoms with Crippen LogP contribution in [0.15, 0.2) is 36.5 Å². The van der Waals surface area contributed by atoms with Crippen LogP contribution in [0, 0.1) is 6.92 Å². The van der Waals surface area contributed by atoms with E-state index in [-0.39, 0.29) is 5.88 Å². The smallest absolute Gasteiger partial charge is 0.191 e. The Hall–Kier alpha value is -1.70. The van der Waals surface area contributed by atoms with Crippen molar-refractivity contribution in [2.75, 3.05) is 0 Å². The number of rotatable bonds is 1. The zero-order valence-corrected chi connectivity index (χ0v) is 7.41. The molecule has 0 spiro atoms. The lowest BCUT2D eigenvalue weighted by molar-refractivity contribution is 0.453. The molecule has 0 fully saturated rings. The molecule has 2 rings (SSSR count). The number of aromatic hydroxyl groups is 1. The van der Waals surface area contributed by atoms with E-state index in [1.807, 2.05) is 43.5 Å². The van der Waals surface area contributed by atoms with E-state index >= 15 is 0 Å². The van der Waals surface area contributed by atoms with E-state index < -0.39 is 0 Å². The zero-order chi connectivity index (χ0) is 9.26. The Morgan fingerprint density at radius 1 is 1.15 bits per heavy atom. The Kier molecular flexibility index (Phi) is 1.81. The largest absolute Gasteiger partial charge is 0.494 e. The highest BCUT2D eigenvalue weighted by atomic mass is 16.3. The van der Waals surface area contributed by atoms with Gasteiger partial charge in [-0.25, -0.2) is 0 Å². The Balaban J connectivity index is 2.53. The van der Waals surface area contributed by atoms with Crippen molar-refractivity contribution in [1.82, 2.24) is 4.98 Å². The van der Waals surface area contributed by atoms with E-state index in [1.165, 1.54) is 0 Å². The second-order valence-corrected chi connectivity index (χ2v) is 3.04. The number of hydrogen-bond acceptors (Lipinski definition) is 1. The third-order valence-electron chi connectivity index (χ3n) is 2.20. The van der Waals surface area contributed by atoms with E-state index in [9.17, 15) is 5.11 Å². The summed E-state index contributed by atoms with van der Waals surface area (Å²) < 4.78 is 0. The van der Waals surface area contributed by atoms with Crippen LogP contribution in [0.2, 0.25) is 0 Å². The van der Waals surface area contributed by atoms with Crippen molar-refractivity contribution in [1.29, 1.82) is 0 Å². The summed E-state index contributed by atoms with van der Waals surface area (Å²) in [5.74, 6) is 0.249. The van der Waals surface area contributed by atoms with E-state index in [4.69, 9.17) is 0 Å². The first-order chi connectivity index (χ1) is 6.29. The molecule has 0 amide bonds. The van der Waals surface area contributed by atoms with Crippen molar-refractivity contribution in [3.63, 3.8) is 0 Å². The summed E-state index contributed by atoms with van der Waals surface area (Å²) in [4.78, 5) is 2.79. The third kappa shape index (κ3) is 1.31. The number of aromatic nitrogens is 1. The number of H-pyrrole nitrogens is 1. The van der Waals surface area contributed by atoms with Crippen molar-refractivity contribution in [3.8, 4) is 17.0 Å². The minimum atomic E-state index is 0.249. The SMILES string of the molecule is Cc1c(-c2ccccc2)c[nH]c1O. The summed E-state index contributed by atoms with van der Waals surface area (Å²) in [5, 5.41) is 9.35. The second-order valence-electron chi connectivity index (χ2n) is 3.04. The minimum Gasteiger partial charge on any atom is -0.494 e. The van der Waals surface area contributed by atoms with Crippen LogP contribution in [-0.2, 0) is 0 Å². The van der Waals surface area contributed by atoms with Crippen LogP contribution < -0.4 is 0 Å². The Labute approximate surface area is 76.9 Å². The van der Waals surface area contributed by atoms with Gasteiger partial charge in [-0.15, -0.1) is 0 Å². The minimum absolute atomic E-state index is 0.249. The highest BCUT2D eigenvalue weighted by molar-refractivity contribution is 5.68. The summed E-state index contributed by atoms with van der Waals surface area (Å²) in [7, 11) is 0. The standard InChI is InChI=1S/C11H11NO/c1-8-10(7-12-11(8)13)9-5-3-2-4-6-9/h2-7,12-13H,1H3. The highest BCUT2D eigenvalue weighted by Gasteiger charge is 2.06. The van der Waals surface area contributed by atoms with E-state index in [1.54, 1.807) is 0 Å². The fourth-order valence-corrected chi connectivity index (χ4v) is 1.40. The molecule has 0 atom stereocenters. The summed E-state index contributed by atoms with van der Waals surface area (Å²) in [6.07, 6.45) is 1.82. The topological polar surface area (TPSA) is 36.0 Å². The Morgan fingerprint density at radius 3 is 2.38 bits per heavy atom. The first-order valence-electron chi connectivity index (χ1n) is 4.21. The van der Waals surface area contributed by atoms with E-state index in [0.717, 1.165) is 16.7 Å². The molecule has 1 aromatic carbocycles. The van der Waals surface area contributed by atoms with Crippen LogP contribution in [0.25, 0.3) is 11.1 Å². The predicted molar refractivity (Wildman–Crippen MR) is 52.6 cm³/mol. The van der Waals surface area contributed by atoms with Gasteiger partial charge in [0, 0.05) is 17.3 Å². The highest BCUT2D eigenvalue weighted by Crippen LogP contribution is 2.28. The molecule has 13 heavy (non-hydrogen) atoms. The van der Waals surface area contributed by atoms with Crippen molar-refractivity contribution in [3.05, 3.63) is 42.1 Å². The lowest BCUT2D eigenvalue weighted by Crippen LogP contribution is -1.75. The van der Waals surface area contributed by atoms with Crippen molar-refractivity contribution in [2.24, 2.45) is 0 Å². The van der Waals surface area contributed by atoms with Crippen LogP contribution in [0.1, 0.15) is 5.56 Å². The van der Waals surface area contributed by atoms with Gasteiger partial charge in [0.25, 0.3) is 0 Å². The molecule has 0 unspecified atom stereocenters. The molecular weight excluding hydrogens is 162 g/mol. The maximum absolute atomic E-state index is 9.35. The van der Waals surface area contributed by atoms with E-state index in [0.29, 0.717) is 0 Å². The van der Waals surface area contributed by atoms with Crippen LogP contribution in [0.5, 0.6) is 5.88 Å². The Morgan fingerprint density at radius 2 is 1.85 bits per heavy atom. The molecule has 66 valence electrons. The molecular formula is C11H11NO. The van der Waals surface area contributed by atoms with Crippen LogP contribution in [-0.4, -0.2) is 10.1 Å². The maximum Gasteiger partial charge on any atom is 0.191 e. The molecule has 0 aliphatic heterocycles. The normalized spacial score (nSPS) is 10.2. The molecule has 1 aromatic heterocycles. The monoisotopic (exact) mass is 173 g/mol. The van der Waals surface area contributed by atoms with Gasteiger partial charge in [0.1, 0.15) is 0 Å². The predicted octanol–water partition coefficient (Wildman–Crippen LogP) is 2.70. The fourth-order valence-electron chi connectivity index (χ4n) is 1.40. The molecule has 2 N–H and O–H groups in total. The molecule has 0 aliphatic rings. The number of hydrogen-bond donors (Lipinski definition) is 2. The maximum atomic E-state index is 9.35. The van der Waals surface area contributed by atoms with Gasteiger partial charge in [0.05, 0.1) is 0 Å².